The van der Waals surface area contributed by atoms with Crippen molar-refractivity contribution in [2.45, 2.75) is 41.6 Å². The lowest BCUT2D eigenvalue weighted by atomic mass is 9.74. The number of halogens is 1. The first-order valence-electron chi connectivity index (χ1n) is 9.96. The van der Waals surface area contributed by atoms with Crippen LogP contribution < -0.4 is 38.5 Å². The molecule has 1 saturated carbocycles. The standard InChI is InChI=1S/C17H26ClN9O2/c18-10-6(4-19)7-5-27-11(28)8-2-1-3-26(8)12-17(27,25-14(20)22-12)9(7)16(10)13(29)23-15(21)24-16/h1-3,6-7,9-10,12-15,22-25,29H,4-5,19-21H2/t6-,7-,9+,10+,12+,13+,14?,15?,16+,17-/m1/s1. The number of alkyl halides is 1. The fourth-order valence-electron chi connectivity index (χ4n) is 6.92. The molecule has 5 aliphatic rings. The Bertz CT molecular complexity index is 883. The molecule has 29 heavy (non-hydrogen) atoms. The maximum absolute atomic E-state index is 13.5. The van der Waals surface area contributed by atoms with E-state index in [0.717, 1.165) is 0 Å². The predicted octanol–water partition coefficient (Wildman–Crippen LogP) is -3.49. The van der Waals surface area contributed by atoms with Gasteiger partial charge in [-0.1, -0.05) is 0 Å². The van der Waals surface area contributed by atoms with E-state index in [4.69, 9.17) is 28.8 Å². The summed E-state index contributed by atoms with van der Waals surface area (Å²) in [5.41, 5.74) is 17.3. The summed E-state index contributed by atoms with van der Waals surface area (Å²) in [5, 5.41) is 23.7. The largest absolute Gasteiger partial charge is 0.376 e. The lowest BCUT2D eigenvalue weighted by molar-refractivity contribution is -0.0326. The number of fused-ring (bicyclic) bond motifs is 4. The van der Waals surface area contributed by atoms with Crippen LogP contribution in [0.1, 0.15) is 16.7 Å². The number of aliphatic hydroxyl groups excluding tert-OH is 1. The highest BCUT2D eigenvalue weighted by Crippen LogP contribution is 2.62. The number of hydrogen-bond acceptors (Lipinski definition) is 9. The molecule has 4 fully saturated rings. The molecule has 0 aromatic carbocycles. The van der Waals surface area contributed by atoms with Crippen LogP contribution in [-0.2, 0) is 0 Å². The number of nitrogens with zero attached hydrogens (tertiary/aromatic N) is 2. The van der Waals surface area contributed by atoms with Gasteiger partial charge < -0.3 is 31.8 Å². The summed E-state index contributed by atoms with van der Waals surface area (Å²) in [6.07, 6.45) is -0.612. The Morgan fingerprint density at radius 1 is 1.28 bits per heavy atom. The summed E-state index contributed by atoms with van der Waals surface area (Å²) < 4.78 is 1.92. The molecule has 2 unspecified atom stereocenters. The van der Waals surface area contributed by atoms with Crippen LogP contribution in [0.25, 0.3) is 0 Å². The molecule has 6 rings (SSSR count). The number of nitrogens with two attached hydrogens (primary N) is 3. The van der Waals surface area contributed by atoms with Crippen molar-refractivity contribution in [2.24, 2.45) is 35.0 Å². The molecule has 158 valence electrons. The average Bonchev–Trinajstić information content (AvgIpc) is 3.42. The number of nitrogens with one attached hydrogen (secondary N) is 4. The number of rotatable bonds is 1. The first-order chi connectivity index (χ1) is 13.9. The van der Waals surface area contributed by atoms with E-state index in [9.17, 15) is 9.90 Å². The Morgan fingerprint density at radius 2 is 2.03 bits per heavy atom. The second kappa shape index (κ2) is 5.69. The maximum atomic E-state index is 13.5. The van der Waals surface area contributed by atoms with Crippen LogP contribution in [-0.4, -0.2) is 69.0 Å². The molecule has 11 nitrogen and oxygen atoms in total. The van der Waals surface area contributed by atoms with Gasteiger partial charge in [0.05, 0.1) is 10.9 Å². The molecule has 1 amide bonds. The fraction of sp³-hybridized carbons (Fsp3) is 0.706. The third kappa shape index (κ3) is 1.90. The van der Waals surface area contributed by atoms with Crippen LogP contribution >= 0.6 is 11.6 Å². The molecular formula is C17H26ClN9O2. The van der Waals surface area contributed by atoms with Gasteiger partial charge in [-0.3, -0.25) is 26.1 Å². The third-order valence-electron chi connectivity index (χ3n) is 7.77. The highest BCUT2D eigenvalue weighted by Gasteiger charge is 2.78. The first-order valence-corrected chi connectivity index (χ1v) is 10.4. The highest BCUT2D eigenvalue weighted by molar-refractivity contribution is 6.22. The molecule has 1 aliphatic carbocycles. The normalized spacial score (nSPS) is 52.7. The fourth-order valence-corrected chi connectivity index (χ4v) is 7.53. The lowest BCUT2D eigenvalue weighted by Crippen LogP contribution is -2.73. The number of amides is 1. The smallest absolute Gasteiger partial charge is 0.272 e. The minimum absolute atomic E-state index is 0.0348. The SMILES string of the molecule is NC[C@@H]1[C@H]2CN3C(=O)c4cccn4[C@@H]4NC(N)N[C@@]43[C@@H]2[C@]2(NC(N)N[C@H]2O)[C@H]1Cl. The molecule has 0 bridgehead atoms. The molecule has 4 aliphatic heterocycles. The van der Waals surface area contributed by atoms with E-state index in [-0.39, 0.29) is 29.8 Å². The van der Waals surface area contributed by atoms with Crippen molar-refractivity contribution in [3.05, 3.63) is 24.0 Å². The third-order valence-corrected chi connectivity index (χ3v) is 8.45. The van der Waals surface area contributed by atoms with Crippen LogP contribution in [0.3, 0.4) is 0 Å². The predicted molar refractivity (Wildman–Crippen MR) is 104 cm³/mol. The number of carbonyl (C=O) groups is 1. The molecule has 3 saturated heterocycles. The Labute approximate surface area is 172 Å². The molecule has 11 N–H and O–H groups in total. The zero-order valence-electron chi connectivity index (χ0n) is 15.6. The summed E-state index contributed by atoms with van der Waals surface area (Å²) in [7, 11) is 0. The maximum Gasteiger partial charge on any atom is 0.272 e. The van der Waals surface area contributed by atoms with Crippen molar-refractivity contribution in [1.29, 1.82) is 0 Å². The second-order valence-corrected chi connectivity index (χ2v) is 9.27. The van der Waals surface area contributed by atoms with E-state index in [2.05, 4.69) is 21.3 Å². The van der Waals surface area contributed by atoms with Crippen LogP contribution in [0.5, 0.6) is 0 Å². The molecule has 5 heterocycles. The van der Waals surface area contributed by atoms with Crippen molar-refractivity contribution in [3.63, 3.8) is 0 Å². The minimum atomic E-state index is -1.00. The Balaban J connectivity index is 1.59. The summed E-state index contributed by atoms with van der Waals surface area (Å²) in [6.45, 7) is 0.818. The van der Waals surface area contributed by atoms with E-state index in [0.29, 0.717) is 18.8 Å². The second-order valence-electron chi connectivity index (χ2n) is 8.80. The Morgan fingerprint density at radius 3 is 2.72 bits per heavy atom. The van der Waals surface area contributed by atoms with Crippen molar-refractivity contribution in [3.8, 4) is 0 Å². The van der Waals surface area contributed by atoms with Crippen molar-refractivity contribution < 1.29 is 9.90 Å². The average molecular weight is 424 g/mol. The molecule has 1 aromatic heterocycles. The van der Waals surface area contributed by atoms with Crippen LogP contribution in [0, 0.1) is 17.8 Å². The van der Waals surface area contributed by atoms with Gasteiger partial charge in [-0.15, -0.1) is 11.6 Å². The van der Waals surface area contributed by atoms with Gasteiger partial charge in [-0.25, -0.2) is 0 Å². The molecule has 10 atom stereocenters. The van der Waals surface area contributed by atoms with E-state index >= 15 is 0 Å². The zero-order chi connectivity index (χ0) is 20.3. The van der Waals surface area contributed by atoms with Crippen LogP contribution in [0.4, 0.5) is 0 Å². The van der Waals surface area contributed by atoms with E-state index in [1.807, 2.05) is 27.8 Å². The van der Waals surface area contributed by atoms with Gasteiger partial charge in [0.1, 0.15) is 36.3 Å². The first kappa shape index (κ1) is 18.5. The van der Waals surface area contributed by atoms with Gasteiger partial charge in [0.25, 0.3) is 5.91 Å². The Kier molecular flexibility index (Phi) is 3.63. The monoisotopic (exact) mass is 423 g/mol. The van der Waals surface area contributed by atoms with Crippen LogP contribution in [0.15, 0.2) is 18.3 Å². The van der Waals surface area contributed by atoms with E-state index in [1.165, 1.54) is 0 Å². The Hall–Kier alpha value is -1.28. The van der Waals surface area contributed by atoms with Crippen molar-refractivity contribution in [2.75, 3.05) is 13.1 Å². The topological polar surface area (TPSA) is 172 Å². The molecule has 1 aromatic rings. The molecule has 0 radical (unpaired) electrons. The molecular weight excluding hydrogens is 398 g/mol. The molecule has 2 spiro atoms. The number of hydrogen-bond donors (Lipinski definition) is 8. The summed E-state index contributed by atoms with van der Waals surface area (Å²) in [6, 6.07) is 3.66. The number of carbonyl (C=O) groups excluding carboxylic acids is 1. The quantitative estimate of drug-likeness (QED) is 0.213. The molecule has 12 heteroatoms. The van der Waals surface area contributed by atoms with Gasteiger partial charge in [0.2, 0.25) is 0 Å². The van der Waals surface area contributed by atoms with E-state index in [1.54, 1.807) is 0 Å². The van der Waals surface area contributed by atoms with Crippen molar-refractivity contribution >= 4 is 17.5 Å². The van der Waals surface area contributed by atoms with Gasteiger partial charge >= 0.3 is 0 Å². The van der Waals surface area contributed by atoms with Gasteiger partial charge in [-0.05, 0) is 30.5 Å². The van der Waals surface area contributed by atoms with Gasteiger partial charge in [0, 0.05) is 18.7 Å². The highest BCUT2D eigenvalue weighted by atomic mass is 35.5. The van der Waals surface area contributed by atoms with E-state index < -0.39 is 35.4 Å². The van der Waals surface area contributed by atoms with Crippen molar-refractivity contribution in [1.82, 2.24) is 30.7 Å². The summed E-state index contributed by atoms with van der Waals surface area (Å²) in [5.74, 6) is -0.506. The van der Waals surface area contributed by atoms with Gasteiger partial charge in [-0.2, -0.15) is 0 Å². The van der Waals surface area contributed by atoms with Gasteiger partial charge in [0.15, 0.2) is 0 Å². The summed E-state index contributed by atoms with van der Waals surface area (Å²) in [4.78, 5) is 15.3. The van der Waals surface area contributed by atoms with Crippen LogP contribution in [0.2, 0.25) is 0 Å². The minimum Gasteiger partial charge on any atom is -0.376 e. The number of aliphatic hydroxyl groups is 1. The number of aromatic nitrogens is 1. The lowest BCUT2D eigenvalue weighted by Gasteiger charge is -2.52. The summed E-state index contributed by atoms with van der Waals surface area (Å²) >= 11 is 6.99. The zero-order valence-corrected chi connectivity index (χ0v) is 16.4.